The lowest BCUT2D eigenvalue weighted by molar-refractivity contribution is -0.384. The molecular weight excluding hydrogens is 270 g/mol. The Morgan fingerprint density at radius 1 is 1.19 bits per heavy atom. The number of nitro benzene ring substituents is 1. The number of carbonyl (C=O) groups is 1. The van der Waals surface area contributed by atoms with Crippen molar-refractivity contribution in [3.63, 3.8) is 0 Å². The van der Waals surface area contributed by atoms with Gasteiger partial charge >= 0.3 is 0 Å². The Balaban J connectivity index is 2.29. The van der Waals surface area contributed by atoms with E-state index in [2.05, 4.69) is 24.1 Å². The molecule has 0 unspecified atom stereocenters. The first-order valence-corrected chi connectivity index (χ1v) is 7.33. The Morgan fingerprint density at radius 2 is 1.81 bits per heavy atom. The van der Waals surface area contributed by atoms with Crippen LogP contribution in [0.2, 0.25) is 0 Å². The fourth-order valence-corrected chi connectivity index (χ4v) is 2.04. The number of nitrogens with zero attached hydrogens (tertiary/aromatic N) is 2. The van der Waals surface area contributed by atoms with Gasteiger partial charge in [0.15, 0.2) is 0 Å². The number of non-ortho nitro benzene ring substituents is 1. The fourth-order valence-electron chi connectivity index (χ4n) is 2.04. The second kappa shape index (κ2) is 9.07. The summed E-state index contributed by atoms with van der Waals surface area (Å²) in [5.74, 6) is -0.187. The molecule has 1 aromatic rings. The van der Waals surface area contributed by atoms with E-state index in [1.165, 1.54) is 24.3 Å². The normalized spacial score (nSPS) is 10.6. The third kappa shape index (κ3) is 5.91. The Kier molecular flexibility index (Phi) is 7.39. The van der Waals surface area contributed by atoms with Crippen molar-refractivity contribution < 1.29 is 9.72 Å². The second-order valence-corrected chi connectivity index (χ2v) is 4.79. The van der Waals surface area contributed by atoms with E-state index >= 15 is 0 Å². The highest BCUT2D eigenvalue weighted by atomic mass is 16.6. The number of hydrogen-bond donors (Lipinski definition) is 1. The van der Waals surface area contributed by atoms with Crippen LogP contribution in [0.4, 0.5) is 5.69 Å². The molecule has 1 aromatic carbocycles. The van der Waals surface area contributed by atoms with Crippen LogP contribution in [0.5, 0.6) is 0 Å². The topological polar surface area (TPSA) is 75.5 Å². The summed E-state index contributed by atoms with van der Waals surface area (Å²) in [6, 6.07) is 5.64. The first kappa shape index (κ1) is 17.1. The Bertz CT molecular complexity index is 456. The van der Waals surface area contributed by atoms with Crippen LogP contribution in [-0.2, 0) is 0 Å². The van der Waals surface area contributed by atoms with E-state index in [0.29, 0.717) is 12.1 Å². The van der Waals surface area contributed by atoms with E-state index < -0.39 is 4.92 Å². The molecule has 0 aliphatic rings. The van der Waals surface area contributed by atoms with Crippen molar-refractivity contribution >= 4 is 11.6 Å². The van der Waals surface area contributed by atoms with E-state index in [1.54, 1.807) is 0 Å². The largest absolute Gasteiger partial charge is 0.352 e. The summed E-state index contributed by atoms with van der Waals surface area (Å²) in [6.07, 6.45) is 1.97. The zero-order valence-corrected chi connectivity index (χ0v) is 12.7. The van der Waals surface area contributed by atoms with E-state index in [-0.39, 0.29) is 11.6 Å². The summed E-state index contributed by atoms with van der Waals surface area (Å²) in [5, 5.41) is 13.4. The van der Waals surface area contributed by atoms with Gasteiger partial charge in [0.1, 0.15) is 0 Å². The first-order valence-electron chi connectivity index (χ1n) is 7.33. The number of unbranched alkanes of at least 4 members (excludes halogenated alkanes) is 1. The van der Waals surface area contributed by atoms with Crippen LogP contribution in [0.1, 0.15) is 37.0 Å². The summed E-state index contributed by atoms with van der Waals surface area (Å²) < 4.78 is 0. The maximum absolute atomic E-state index is 11.8. The third-order valence-electron chi connectivity index (χ3n) is 3.42. The van der Waals surface area contributed by atoms with Gasteiger partial charge in [-0.2, -0.15) is 0 Å². The van der Waals surface area contributed by atoms with Gasteiger partial charge in [-0.25, -0.2) is 0 Å². The van der Waals surface area contributed by atoms with E-state index in [4.69, 9.17) is 0 Å². The van der Waals surface area contributed by atoms with Crippen LogP contribution in [-0.4, -0.2) is 41.9 Å². The molecule has 6 heteroatoms. The molecule has 0 radical (unpaired) electrons. The van der Waals surface area contributed by atoms with E-state index in [0.717, 1.165) is 32.5 Å². The molecule has 1 N–H and O–H groups in total. The highest BCUT2D eigenvalue weighted by Gasteiger charge is 2.08. The van der Waals surface area contributed by atoms with Crippen molar-refractivity contribution in [2.75, 3.05) is 26.2 Å². The summed E-state index contributed by atoms with van der Waals surface area (Å²) in [5.41, 5.74) is 0.440. The zero-order valence-electron chi connectivity index (χ0n) is 12.7. The number of hydrogen-bond acceptors (Lipinski definition) is 4. The minimum atomic E-state index is -0.477. The summed E-state index contributed by atoms with van der Waals surface area (Å²) >= 11 is 0. The number of nitrogens with one attached hydrogen (secondary N) is 1. The van der Waals surface area contributed by atoms with Crippen LogP contribution in [0.3, 0.4) is 0 Å². The molecule has 0 aromatic heterocycles. The molecule has 0 spiro atoms. The molecule has 0 heterocycles. The smallest absolute Gasteiger partial charge is 0.269 e. The Hall–Kier alpha value is -1.95. The SMILES string of the molecule is CCN(CC)CCCCNC(=O)c1ccc([N+](=O)[O-])cc1. The third-order valence-corrected chi connectivity index (χ3v) is 3.42. The van der Waals surface area contributed by atoms with Gasteiger partial charge in [0, 0.05) is 24.2 Å². The monoisotopic (exact) mass is 293 g/mol. The summed E-state index contributed by atoms with van der Waals surface area (Å²) in [7, 11) is 0. The van der Waals surface area contributed by atoms with Gasteiger partial charge in [-0.05, 0) is 44.6 Å². The second-order valence-electron chi connectivity index (χ2n) is 4.79. The number of nitro groups is 1. The molecule has 6 nitrogen and oxygen atoms in total. The van der Waals surface area contributed by atoms with Gasteiger partial charge < -0.3 is 10.2 Å². The molecule has 0 saturated carbocycles. The minimum absolute atomic E-state index is 0.00854. The molecule has 1 amide bonds. The number of amides is 1. The lowest BCUT2D eigenvalue weighted by Gasteiger charge is -2.17. The lowest BCUT2D eigenvalue weighted by atomic mass is 10.2. The van der Waals surface area contributed by atoms with Gasteiger partial charge in [-0.3, -0.25) is 14.9 Å². The molecule has 0 bridgehead atoms. The van der Waals surface area contributed by atoms with E-state index in [1.807, 2.05) is 0 Å². The fraction of sp³-hybridized carbons (Fsp3) is 0.533. The van der Waals surface area contributed by atoms with Crippen LogP contribution >= 0.6 is 0 Å². The maximum Gasteiger partial charge on any atom is 0.269 e. The van der Waals surface area contributed by atoms with Gasteiger partial charge in [-0.1, -0.05) is 13.8 Å². The summed E-state index contributed by atoms with van der Waals surface area (Å²) in [6.45, 7) is 8.04. The molecule has 0 fully saturated rings. The predicted molar refractivity (Wildman–Crippen MR) is 82.5 cm³/mol. The lowest BCUT2D eigenvalue weighted by Crippen LogP contribution is -2.27. The Labute approximate surface area is 125 Å². The van der Waals surface area contributed by atoms with Gasteiger partial charge in [0.2, 0.25) is 0 Å². The number of benzene rings is 1. The molecule has 0 aliphatic heterocycles. The molecule has 116 valence electrons. The van der Waals surface area contributed by atoms with Crippen molar-refractivity contribution in [3.8, 4) is 0 Å². The van der Waals surface area contributed by atoms with Crippen LogP contribution < -0.4 is 5.32 Å². The van der Waals surface area contributed by atoms with Crippen molar-refractivity contribution in [2.24, 2.45) is 0 Å². The highest BCUT2D eigenvalue weighted by Crippen LogP contribution is 2.11. The molecule has 0 saturated heterocycles. The van der Waals surface area contributed by atoms with Crippen molar-refractivity contribution in [2.45, 2.75) is 26.7 Å². The average Bonchev–Trinajstić information content (AvgIpc) is 2.50. The minimum Gasteiger partial charge on any atom is -0.352 e. The van der Waals surface area contributed by atoms with E-state index in [9.17, 15) is 14.9 Å². The molecular formula is C15H23N3O3. The first-order chi connectivity index (χ1) is 10.1. The van der Waals surface area contributed by atoms with Gasteiger partial charge in [-0.15, -0.1) is 0 Å². The maximum atomic E-state index is 11.8. The van der Waals surface area contributed by atoms with Crippen LogP contribution in [0.25, 0.3) is 0 Å². The predicted octanol–water partition coefficient (Wildman–Crippen LogP) is 2.45. The van der Waals surface area contributed by atoms with Crippen LogP contribution in [0.15, 0.2) is 24.3 Å². The molecule has 1 rings (SSSR count). The standard InChI is InChI=1S/C15H23N3O3/c1-3-17(4-2)12-6-5-11-16-15(19)13-7-9-14(10-8-13)18(20)21/h7-10H,3-6,11-12H2,1-2H3,(H,16,19). The summed E-state index contributed by atoms with van der Waals surface area (Å²) in [4.78, 5) is 24.2. The van der Waals surface area contributed by atoms with Gasteiger partial charge in [0.25, 0.3) is 11.6 Å². The average molecular weight is 293 g/mol. The quantitative estimate of drug-likeness (QED) is 0.431. The Morgan fingerprint density at radius 3 is 2.33 bits per heavy atom. The number of carbonyl (C=O) groups excluding carboxylic acids is 1. The zero-order chi connectivity index (χ0) is 15.7. The molecule has 21 heavy (non-hydrogen) atoms. The van der Waals surface area contributed by atoms with Crippen LogP contribution in [0, 0.1) is 10.1 Å². The number of rotatable bonds is 9. The van der Waals surface area contributed by atoms with Crippen molar-refractivity contribution in [1.29, 1.82) is 0 Å². The highest BCUT2D eigenvalue weighted by molar-refractivity contribution is 5.94. The van der Waals surface area contributed by atoms with Crippen molar-refractivity contribution in [3.05, 3.63) is 39.9 Å². The van der Waals surface area contributed by atoms with Gasteiger partial charge in [0.05, 0.1) is 4.92 Å². The molecule has 0 aliphatic carbocycles. The van der Waals surface area contributed by atoms with Crippen molar-refractivity contribution in [1.82, 2.24) is 10.2 Å². The molecule has 0 atom stereocenters.